The van der Waals surface area contributed by atoms with Crippen LogP contribution in [0.1, 0.15) is 21.6 Å². The van der Waals surface area contributed by atoms with Crippen LogP contribution in [0.4, 0.5) is 11.5 Å². The molecule has 0 radical (unpaired) electrons. The fourth-order valence-electron chi connectivity index (χ4n) is 1.96. The number of carbonyl (C=O) groups excluding carboxylic acids is 1. The Balaban J connectivity index is 2.14. The van der Waals surface area contributed by atoms with Gasteiger partial charge in [0.05, 0.1) is 23.1 Å². The van der Waals surface area contributed by atoms with E-state index in [-0.39, 0.29) is 11.6 Å². The van der Waals surface area contributed by atoms with Gasteiger partial charge in [0.2, 0.25) is 0 Å². The number of nitrogens with one attached hydrogen (secondary N) is 2. The highest BCUT2D eigenvalue weighted by atomic mass is 35.5. The van der Waals surface area contributed by atoms with Crippen molar-refractivity contribution in [1.82, 2.24) is 9.97 Å². The van der Waals surface area contributed by atoms with Crippen LogP contribution in [-0.2, 0) is 0 Å². The monoisotopic (exact) mass is 316 g/mol. The van der Waals surface area contributed by atoms with Gasteiger partial charge in [-0.2, -0.15) is 0 Å². The van der Waals surface area contributed by atoms with Crippen molar-refractivity contribution in [1.29, 1.82) is 0 Å². The number of halogens is 1. The number of carbonyl (C=O) groups is 1. The average Bonchev–Trinajstić information content (AvgIpc) is 2.49. The number of hydrogen-bond donors (Lipinski definition) is 2. The van der Waals surface area contributed by atoms with Crippen molar-refractivity contribution < 1.29 is 4.79 Å². The van der Waals surface area contributed by atoms with Gasteiger partial charge in [-0.05, 0) is 31.0 Å². The van der Waals surface area contributed by atoms with Crippen LogP contribution < -0.4 is 10.6 Å². The highest BCUT2D eigenvalue weighted by Gasteiger charge is 2.12. The lowest BCUT2D eigenvalue weighted by molar-refractivity contribution is 0.102. The summed E-state index contributed by atoms with van der Waals surface area (Å²) in [4.78, 5) is 20.4. The minimum absolute atomic E-state index is 0.222. The number of rotatable bonds is 5. The van der Waals surface area contributed by atoms with Crippen LogP contribution in [0.3, 0.4) is 0 Å². The van der Waals surface area contributed by atoms with Crippen molar-refractivity contribution in [2.75, 3.05) is 17.2 Å². The van der Waals surface area contributed by atoms with E-state index < -0.39 is 0 Å². The Morgan fingerprint density at radius 3 is 2.68 bits per heavy atom. The first-order valence-corrected chi connectivity index (χ1v) is 7.14. The van der Waals surface area contributed by atoms with E-state index in [1.54, 1.807) is 12.1 Å². The fourth-order valence-corrected chi connectivity index (χ4v) is 2.33. The second-order valence-corrected chi connectivity index (χ2v) is 5.26. The molecule has 0 atom stereocenters. The first kappa shape index (κ1) is 16.0. The Hall–Kier alpha value is -2.40. The van der Waals surface area contributed by atoms with E-state index >= 15 is 0 Å². The van der Waals surface area contributed by atoms with Crippen molar-refractivity contribution >= 4 is 29.0 Å². The Bertz CT molecular complexity index is 675. The predicted octanol–water partition coefficient (Wildman–Crippen LogP) is 3.60. The van der Waals surface area contributed by atoms with E-state index in [9.17, 15) is 4.79 Å². The SMILES string of the molecule is C=CCNc1cnc(C(=O)Nc2c(C)cc(C)cc2Cl)cn1. The third-order valence-corrected chi connectivity index (χ3v) is 3.28. The molecular formula is C16H17ClN4O. The topological polar surface area (TPSA) is 66.9 Å². The van der Waals surface area contributed by atoms with Gasteiger partial charge in [-0.15, -0.1) is 6.58 Å². The molecule has 0 fully saturated rings. The molecule has 0 bridgehead atoms. The van der Waals surface area contributed by atoms with Crippen LogP contribution in [0.15, 0.2) is 37.2 Å². The minimum Gasteiger partial charge on any atom is -0.365 e. The zero-order valence-corrected chi connectivity index (χ0v) is 13.2. The van der Waals surface area contributed by atoms with E-state index in [1.165, 1.54) is 12.4 Å². The summed E-state index contributed by atoms with van der Waals surface area (Å²) in [5.74, 6) is 0.234. The summed E-state index contributed by atoms with van der Waals surface area (Å²) in [5, 5.41) is 6.27. The quantitative estimate of drug-likeness (QED) is 0.827. The summed E-state index contributed by atoms with van der Waals surface area (Å²) in [6.07, 6.45) is 4.63. The molecule has 6 heteroatoms. The summed E-state index contributed by atoms with van der Waals surface area (Å²) in [7, 11) is 0. The van der Waals surface area contributed by atoms with E-state index in [0.29, 0.717) is 23.1 Å². The molecule has 1 aromatic heterocycles. The Morgan fingerprint density at radius 1 is 1.32 bits per heavy atom. The second-order valence-electron chi connectivity index (χ2n) is 4.85. The highest BCUT2D eigenvalue weighted by molar-refractivity contribution is 6.34. The minimum atomic E-state index is -0.350. The fraction of sp³-hybridized carbons (Fsp3) is 0.188. The van der Waals surface area contributed by atoms with Gasteiger partial charge in [0, 0.05) is 6.54 Å². The third-order valence-electron chi connectivity index (χ3n) is 2.98. The lowest BCUT2D eigenvalue weighted by Crippen LogP contribution is -2.15. The van der Waals surface area contributed by atoms with Gasteiger partial charge in [0.1, 0.15) is 11.5 Å². The molecule has 114 valence electrons. The van der Waals surface area contributed by atoms with Crippen LogP contribution in [0, 0.1) is 13.8 Å². The van der Waals surface area contributed by atoms with E-state index in [2.05, 4.69) is 27.2 Å². The lowest BCUT2D eigenvalue weighted by Gasteiger charge is -2.11. The van der Waals surface area contributed by atoms with Crippen LogP contribution in [0.2, 0.25) is 5.02 Å². The van der Waals surface area contributed by atoms with Crippen LogP contribution in [-0.4, -0.2) is 22.4 Å². The molecule has 2 rings (SSSR count). The zero-order valence-electron chi connectivity index (χ0n) is 12.5. The molecular weight excluding hydrogens is 300 g/mol. The van der Waals surface area contributed by atoms with Gasteiger partial charge in [-0.25, -0.2) is 9.97 Å². The summed E-state index contributed by atoms with van der Waals surface area (Å²) < 4.78 is 0. The molecule has 0 saturated heterocycles. The van der Waals surface area contributed by atoms with Crippen molar-refractivity contribution in [3.05, 3.63) is 59.0 Å². The number of aryl methyl sites for hydroxylation is 2. The van der Waals surface area contributed by atoms with E-state index in [0.717, 1.165) is 11.1 Å². The number of amides is 1. The first-order valence-electron chi connectivity index (χ1n) is 6.76. The standard InChI is InChI=1S/C16H17ClN4O/c1-4-5-18-14-9-19-13(8-20-14)16(22)21-15-11(3)6-10(2)7-12(15)17/h4,6-9H,1,5H2,2-3H3,(H,18,20)(H,21,22). The van der Waals surface area contributed by atoms with Gasteiger partial charge >= 0.3 is 0 Å². The van der Waals surface area contributed by atoms with Gasteiger partial charge in [-0.3, -0.25) is 4.79 Å². The van der Waals surface area contributed by atoms with Gasteiger partial charge in [-0.1, -0.05) is 23.7 Å². The molecule has 0 aliphatic heterocycles. The Kier molecular flexibility index (Phi) is 5.12. The largest absolute Gasteiger partial charge is 0.365 e. The number of aromatic nitrogens is 2. The van der Waals surface area contributed by atoms with Crippen molar-refractivity contribution in [2.45, 2.75) is 13.8 Å². The first-order chi connectivity index (χ1) is 10.5. The third kappa shape index (κ3) is 3.83. The highest BCUT2D eigenvalue weighted by Crippen LogP contribution is 2.27. The normalized spacial score (nSPS) is 10.1. The molecule has 2 aromatic rings. The molecule has 0 unspecified atom stereocenters. The van der Waals surface area contributed by atoms with Crippen LogP contribution in [0.5, 0.6) is 0 Å². The number of hydrogen-bond acceptors (Lipinski definition) is 4. The van der Waals surface area contributed by atoms with Gasteiger partial charge < -0.3 is 10.6 Å². The van der Waals surface area contributed by atoms with E-state index in [1.807, 2.05) is 19.9 Å². The smallest absolute Gasteiger partial charge is 0.275 e. The summed E-state index contributed by atoms with van der Waals surface area (Å²) >= 11 is 6.18. The van der Waals surface area contributed by atoms with Gasteiger partial charge in [0.15, 0.2) is 0 Å². The van der Waals surface area contributed by atoms with Crippen LogP contribution >= 0.6 is 11.6 Å². The number of anilines is 2. The molecule has 0 aliphatic rings. The number of benzene rings is 1. The van der Waals surface area contributed by atoms with Crippen molar-refractivity contribution in [3.8, 4) is 0 Å². The molecule has 0 aliphatic carbocycles. The molecule has 22 heavy (non-hydrogen) atoms. The lowest BCUT2D eigenvalue weighted by atomic mass is 10.1. The summed E-state index contributed by atoms with van der Waals surface area (Å²) in [6.45, 7) is 8.03. The maximum Gasteiger partial charge on any atom is 0.275 e. The molecule has 1 amide bonds. The molecule has 0 spiro atoms. The van der Waals surface area contributed by atoms with Crippen LogP contribution in [0.25, 0.3) is 0 Å². The summed E-state index contributed by atoms with van der Waals surface area (Å²) in [5.41, 5.74) is 2.75. The van der Waals surface area contributed by atoms with Crippen molar-refractivity contribution in [2.24, 2.45) is 0 Å². The average molecular weight is 317 g/mol. The molecule has 2 N–H and O–H groups in total. The molecule has 5 nitrogen and oxygen atoms in total. The maximum absolute atomic E-state index is 12.2. The molecule has 0 saturated carbocycles. The number of nitrogens with zero attached hydrogens (tertiary/aromatic N) is 2. The Labute approximate surface area is 134 Å². The Morgan fingerprint density at radius 2 is 2.09 bits per heavy atom. The summed E-state index contributed by atoms with van der Waals surface area (Å²) in [6, 6.07) is 3.76. The molecule has 1 aromatic carbocycles. The van der Waals surface area contributed by atoms with E-state index in [4.69, 9.17) is 11.6 Å². The van der Waals surface area contributed by atoms with Crippen molar-refractivity contribution in [3.63, 3.8) is 0 Å². The van der Waals surface area contributed by atoms with Gasteiger partial charge in [0.25, 0.3) is 5.91 Å². The molecule has 1 heterocycles. The maximum atomic E-state index is 12.2. The zero-order chi connectivity index (χ0) is 16.1. The second kappa shape index (κ2) is 7.04. The predicted molar refractivity (Wildman–Crippen MR) is 89.6 cm³/mol.